The summed E-state index contributed by atoms with van der Waals surface area (Å²) in [6.45, 7) is 5.24. The Morgan fingerprint density at radius 2 is 2.29 bits per heavy atom. The molecule has 1 aliphatic heterocycles. The van der Waals surface area contributed by atoms with Crippen LogP contribution in [0.1, 0.15) is 18.9 Å². The second-order valence-electron chi connectivity index (χ2n) is 4.09. The molecule has 0 aliphatic carbocycles. The summed E-state index contributed by atoms with van der Waals surface area (Å²) in [6.07, 6.45) is 6.44. The maximum atomic E-state index is 3.99. The molecule has 1 unspecified atom stereocenters. The number of nitrogens with one attached hydrogen (secondary N) is 2. The molecule has 0 aromatic carbocycles. The number of aromatic nitrogens is 2. The van der Waals surface area contributed by atoms with Crippen molar-refractivity contribution >= 4 is 0 Å². The molecule has 0 spiro atoms. The molecule has 1 aromatic heterocycles. The van der Waals surface area contributed by atoms with Crippen LogP contribution < -0.4 is 10.6 Å². The van der Waals surface area contributed by atoms with Crippen molar-refractivity contribution in [2.24, 2.45) is 0 Å². The summed E-state index contributed by atoms with van der Waals surface area (Å²) >= 11 is 0. The van der Waals surface area contributed by atoms with E-state index in [9.17, 15) is 0 Å². The Labute approximate surface area is 84.2 Å². The van der Waals surface area contributed by atoms with E-state index in [-0.39, 0.29) is 5.54 Å². The topological polar surface area (TPSA) is 49.8 Å². The predicted octanol–water partition coefficient (Wildman–Crippen LogP) is 0.318. The Kier molecular flexibility index (Phi) is 2.74. The van der Waals surface area contributed by atoms with E-state index in [1.165, 1.54) is 6.42 Å². The Hall–Kier alpha value is -1.00. The summed E-state index contributed by atoms with van der Waals surface area (Å²) in [6, 6.07) is 0. The Morgan fingerprint density at radius 3 is 2.93 bits per heavy atom. The Morgan fingerprint density at radius 1 is 1.50 bits per heavy atom. The summed E-state index contributed by atoms with van der Waals surface area (Å²) in [5.41, 5.74) is 1.37. The zero-order valence-electron chi connectivity index (χ0n) is 8.45. The molecule has 4 heteroatoms. The number of hydrogen-bond acceptors (Lipinski definition) is 4. The highest BCUT2D eigenvalue weighted by atomic mass is 15.1. The van der Waals surface area contributed by atoms with Gasteiger partial charge in [0.1, 0.15) is 6.33 Å². The van der Waals surface area contributed by atoms with Gasteiger partial charge in [-0.05, 0) is 19.9 Å². The van der Waals surface area contributed by atoms with Gasteiger partial charge in [0.15, 0.2) is 0 Å². The molecule has 0 radical (unpaired) electrons. The van der Waals surface area contributed by atoms with Crippen LogP contribution in [-0.4, -0.2) is 28.6 Å². The van der Waals surface area contributed by atoms with E-state index in [1.807, 2.05) is 12.4 Å². The van der Waals surface area contributed by atoms with Crippen molar-refractivity contribution in [3.05, 3.63) is 24.3 Å². The van der Waals surface area contributed by atoms with E-state index in [2.05, 4.69) is 27.5 Å². The highest BCUT2D eigenvalue weighted by Crippen LogP contribution is 2.13. The minimum absolute atomic E-state index is 0.232. The standard InChI is InChI=1S/C10H16N4/c1-10(2-3-11-7-10)14-6-9-4-12-8-13-5-9/h4-5,8,11,14H,2-3,6-7H2,1H3. The average Bonchev–Trinajstić information content (AvgIpc) is 2.65. The quantitative estimate of drug-likeness (QED) is 0.724. The Bertz CT molecular complexity index is 279. The summed E-state index contributed by atoms with van der Waals surface area (Å²) in [5, 5.41) is 6.89. The summed E-state index contributed by atoms with van der Waals surface area (Å²) in [7, 11) is 0. The first-order valence-corrected chi connectivity index (χ1v) is 4.98. The molecule has 14 heavy (non-hydrogen) atoms. The van der Waals surface area contributed by atoms with Gasteiger partial charge in [0.05, 0.1) is 0 Å². The highest BCUT2D eigenvalue weighted by Gasteiger charge is 2.27. The van der Waals surface area contributed by atoms with Gasteiger partial charge < -0.3 is 10.6 Å². The van der Waals surface area contributed by atoms with Crippen LogP contribution in [0.4, 0.5) is 0 Å². The zero-order chi connectivity index (χ0) is 9.86. The fourth-order valence-corrected chi connectivity index (χ4v) is 1.70. The number of rotatable bonds is 3. The van der Waals surface area contributed by atoms with Gasteiger partial charge in [-0.1, -0.05) is 0 Å². The highest BCUT2D eigenvalue weighted by molar-refractivity contribution is 5.03. The van der Waals surface area contributed by atoms with E-state index in [0.29, 0.717) is 0 Å². The minimum atomic E-state index is 0.232. The fraction of sp³-hybridized carbons (Fsp3) is 0.600. The molecule has 2 heterocycles. The van der Waals surface area contributed by atoms with E-state index < -0.39 is 0 Å². The molecule has 1 aliphatic rings. The van der Waals surface area contributed by atoms with Gasteiger partial charge in [-0.15, -0.1) is 0 Å². The van der Waals surface area contributed by atoms with Gasteiger partial charge in [-0.25, -0.2) is 9.97 Å². The maximum absolute atomic E-state index is 3.99. The van der Waals surface area contributed by atoms with E-state index >= 15 is 0 Å². The van der Waals surface area contributed by atoms with Crippen LogP contribution in [0.5, 0.6) is 0 Å². The first-order chi connectivity index (χ1) is 6.79. The van der Waals surface area contributed by atoms with Gasteiger partial charge in [0.2, 0.25) is 0 Å². The van der Waals surface area contributed by atoms with Crippen LogP contribution >= 0.6 is 0 Å². The third-order valence-corrected chi connectivity index (χ3v) is 2.70. The maximum Gasteiger partial charge on any atom is 0.115 e. The molecular formula is C10H16N4. The number of hydrogen-bond donors (Lipinski definition) is 2. The summed E-state index contributed by atoms with van der Waals surface area (Å²) in [4.78, 5) is 7.97. The van der Waals surface area contributed by atoms with E-state index in [4.69, 9.17) is 0 Å². The molecule has 4 nitrogen and oxygen atoms in total. The van der Waals surface area contributed by atoms with Crippen LogP contribution in [-0.2, 0) is 6.54 Å². The van der Waals surface area contributed by atoms with Crippen molar-refractivity contribution < 1.29 is 0 Å². The molecule has 1 aromatic rings. The van der Waals surface area contributed by atoms with Crippen molar-refractivity contribution in [3.63, 3.8) is 0 Å². The number of nitrogens with zero attached hydrogens (tertiary/aromatic N) is 2. The lowest BCUT2D eigenvalue weighted by Crippen LogP contribution is -2.43. The SMILES string of the molecule is CC1(NCc2cncnc2)CCNC1. The average molecular weight is 192 g/mol. The van der Waals surface area contributed by atoms with E-state index in [0.717, 1.165) is 25.2 Å². The van der Waals surface area contributed by atoms with Crippen LogP contribution in [0, 0.1) is 0 Å². The van der Waals surface area contributed by atoms with Crippen molar-refractivity contribution in [3.8, 4) is 0 Å². The smallest absolute Gasteiger partial charge is 0.115 e. The molecule has 2 N–H and O–H groups in total. The van der Waals surface area contributed by atoms with Gasteiger partial charge >= 0.3 is 0 Å². The predicted molar refractivity (Wildman–Crippen MR) is 54.8 cm³/mol. The third kappa shape index (κ3) is 2.27. The van der Waals surface area contributed by atoms with Gasteiger partial charge in [0.25, 0.3) is 0 Å². The Balaban J connectivity index is 1.88. The molecule has 1 atom stereocenters. The lowest BCUT2D eigenvalue weighted by Gasteiger charge is -2.24. The van der Waals surface area contributed by atoms with Gasteiger partial charge in [-0.2, -0.15) is 0 Å². The molecule has 1 saturated heterocycles. The zero-order valence-corrected chi connectivity index (χ0v) is 8.45. The minimum Gasteiger partial charge on any atom is -0.315 e. The molecule has 0 bridgehead atoms. The molecule has 76 valence electrons. The van der Waals surface area contributed by atoms with Crippen LogP contribution in [0.25, 0.3) is 0 Å². The largest absolute Gasteiger partial charge is 0.315 e. The van der Waals surface area contributed by atoms with Crippen molar-refractivity contribution in [1.82, 2.24) is 20.6 Å². The fourth-order valence-electron chi connectivity index (χ4n) is 1.70. The third-order valence-electron chi connectivity index (χ3n) is 2.70. The molecule has 0 amide bonds. The van der Waals surface area contributed by atoms with Gasteiger partial charge in [-0.3, -0.25) is 0 Å². The van der Waals surface area contributed by atoms with Crippen molar-refractivity contribution in [1.29, 1.82) is 0 Å². The van der Waals surface area contributed by atoms with E-state index in [1.54, 1.807) is 6.33 Å². The van der Waals surface area contributed by atoms with Crippen molar-refractivity contribution in [2.75, 3.05) is 13.1 Å². The van der Waals surface area contributed by atoms with Crippen LogP contribution in [0.3, 0.4) is 0 Å². The lowest BCUT2D eigenvalue weighted by molar-refractivity contribution is 0.385. The first kappa shape index (κ1) is 9.55. The molecule has 2 rings (SSSR count). The lowest BCUT2D eigenvalue weighted by atomic mass is 10.0. The molecule has 1 fully saturated rings. The summed E-state index contributed by atoms with van der Waals surface area (Å²) in [5.74, 6) is 0. The normalized spacial score (nSPS) is 26.6. The summed E-state index contributed by atoms with van der Waals surface area (Å²) < 4.78 is 0. The second-order valence-corrected chi connectivity index (χ2v) is 4.09. The van der Waals surface area contributed by atoms with Crippen molar-refractivity contribution in [2.45, 2.75) is 25.4 Å². The molecule has 0 saturated carbocycles. The van der Waals surface area contributed by atoms with Crippen LogP contribution in [0.15, 0.2) is 18.7 Å². The van der Waals surface area contributed by atoms with Crippen LogP contribution in [0.2, 0.25) is 0 Å². The second kappa shape index (κ2) is 4.02. The first-order valence-electron chi connectivity index (χ1n) is 4.98. The monoisotopic (exact) mass is 192 g/mol. The molecular weight excluding hydrogens is 176 g/mol. The van der Waals surface area contributed by atoms with Gasteiger partial charge in [0, 0.05) is 36.6 Å².